The molecule has 0 aliphatic carbocycles. The maximum absolute atomic E-state index is 11.9. The Morgan fingerprint density at radius 1 is 1.35 bits per heavy atom. The standard InChI is InChI=1S/C14H17N5O3.ClH/c1-15-7-3-8-16-14(20)13-6-9-18(17-13)11-4-2-5-12(10-11)19(21)22;/h2,4-6,9-10,15H,3,7-8H2,1H3,(H,16,20);1H. The van der Waals surface area contributed by atoms with Crippen LogP contribution >= 0.6 is 12.4 Å². The number of non-ortho nitro benzene ring substituents is 1. The predicted octanol–water partition coefficient (Wildman–Crippen LogP) is 1.54. The second kappa shape index (κ2) is 8.86. The molecule has 0 fully saturated rings. The fourth-order valence-corrected chi connectivity index (χ4v) is 1.90. The van der Waals surface area contributed by atoms with Gasteiger partial charge in [-0.1, -0.05) is 6.07 Å². The van der Waals surface area contributed by atoms with Gasteiger partial charge < -0.3 is 10.6 Å². The van der Waals surface area contributed by atoms with E-state index in [1.807, 2.05) is 7.05 Å². The Morgan fingerprint density at radius 2 is 2.13 bits per heavy atom. The van der Waals surface area contributed by atoms with Gasteiger partial charge in [-0.05, 0) is 32.1 Å². The van der Waals surface area contributed by atoms with Crippen LogP contribution in [-0.4, -0.2) is 40.7 Å². The zero-order valence-corrected chi connectivity index (χ0v) is 13.4. The summed E-state index contributed by atoms with van der Waals surface area (Å²) in [6, 6.07) is 7.65. The first-order valence-electron chi connectivity index (χ1n) is 6.85. The third-order valence-corrected chi connectivity index (χ3v) is 3.02. The number of aromatic nitrogens is 2. The van der Waals surface area contributed by atoms with Gasteiger partial charge in [0.05, 0.1) is 10.6 Å². The monoisotopic (exact) mass is 339 g/mol. The number of rotatable bonds is 7. The molecular weight excluding hydrogens is 322 g/mol. The number of amides is 1. The molecule has 0 aliphatic heterocycles. The number of carbonyl (C=O) groups is 1. The summed E-state index contributed by atoms with van der Waals surface area (Å²) >= 11 is 0. The highest BCUT2D eigenvalue weighted by Gasteiger charge is 2.11. The number of hydrogen-bond acceptors (Lipinski definition) is 5. The van der Waals surface area contributed by atoms with Crippen LogP contribution in [0.25, 0.3) is 5.69 Å². The molecule has 0 unspecified atom stereocenters. The Labute approximate surface area is 139 Å². The molecule has 124 valence electrons. The Bertz CT molecular complexity index is 674. The molecule has 8 nitrogen and oxygen atoms in total. The zero-order chi connectivity index (χ0) is 15.9. The molecule has 2 N–H and O–H groups in total. The van der Waals surface area contributed by atoms with Gasteiger partial charge >= 0.3 is 0 Å². The van der Waals surface area contributed by atoms with E-state index in [0.29, 0.717) is 12.2 Å². The lowest BCUT2D eigenvalue weighted by Crippen LogP contribution is -2.27. The van der Waals surface area contributed by atoms with Crippen molar-refractivity contribution in [1.29, 1.82) is 0 Å². The van der Waals surface area contributed by atoms with Gasteiger partial charge in [0.1, 0.15) is 0 Å². The number of nitro benzene ring substituents is 1. The van der Waals surface area contributed by atoms with Crippen molar-refractivity contribution in [1.82, 2.24) is 20.4 Å². The minimum atomic E-state index is -0.470. The number of carbonyl (C=O) groups excluding carboxylic acids is 1. The molecular formula is C14H18ClN5O3. The van der Waals surface area contributed by atoms with Crippen LogP contribution in [0.5, 0.6) is 0 Å². The van der Waals surface area contributed by atoms with Gasteiger partial charge in [-0.2, -0.15) is 5.10 Å². The van der Waals surface area contributed by atoms with Gasteiger partial charge in [0.15, 0.2) is 5.69 Å². The van der Waals surface area contributed by atoms with Crippen molar-refractivity contribution in [2.24, 2.45) is 0 Å². The van der Waals surface area contributed by atoms with Crippen molar-refractivity contribution >= 4 is 24.0 Å². The summed E-state index contributed by atoms with van der Waals surface area (Å²) in [7, 11) is 1.85. The summed E-state index contributed by atoms with van der Waals surface area (Å²) in [6.07, 6.45) is 2.43. The maximum atomic E-state index is 11.9. The van der Waals surface area contributed by atoms with Crippen LogP contribution in [-0.2, 0) is 0 Å². The van der Waals surface area contributed by atoms with E-state index >= 15 is 0 Å². The summed E-state index contributed by atoms with van der Waals surface area (Å²) in [5.74, 6) is -0.264. The van der Waals surface area contributed by atoms with Crippen molar-refractivity contribution in [3.8, 4) is 5.69 Å². The second-order valence-corrected chi connectivity index (χ2v) is 4.64. The number of nitrogens with zero attached hydrogens (tertiary/aromatic N) is 3. The van der Waals surface area contributed by atoms with E-state index in [4.69, 9.17) is 0 Å². The van der Waals surface area contributed by atoms with Crippen LogP contribution in [0, 0.1) is 10.1 Å². The SMILES string of the molecule is CNCCCNC(=O)c1ccn(-c2cccc([N+](=O)[O-])c2)n1.Cl. The molecule has 2 aromatic rings. The molecule has 0 saturated heterocycles. The zero-order valence-electron chi connectivity index (χ0n) is 12.6. The van der Waals surface area contributed by atoms with E-state index in [1.165, 1.54) is 16.8 Å². The fraction of sp³-hybridized carbons (Fsp3) is 0.286. The fourth-order valence-electron chi connectivity index (χ4n) is 1.90. The average molecular weight is 340 g/mol. The third kappa shape index (κ3) is 5.04. The number of nitrogens with one attached hydrogen (secondary N) is 2. The Hall–Kier alpha value is -2.45. The molecule has 1 aromatic heterocycles. The van der Waals surface area contributed by atoms with Gasteiger partial charge in [-0.15, -0.1) is 12.4 Å². The van der Waals surface area contributed by atoms with Crippen molar-refractivity contribution < 1.29 is 9.72 Å². The highest BCUT2D eigenvalue weighted by molar-refractivity contribution is 5.92. The van der Waals surface area contributed by atoms with E-state index in [-0.39, 0.29) is 29.7 Å². The third-order valence-electron chi connectivity index (χ3n) is 3.02. The number of nitro groups is 1. The first-order valence-corrected chi connectivity index (χ1v) is 6.85. The van der Waals surface area contributed by atoms with Gasteiger partial charge in [0, 0.05) is 24.9 Å². The number of halogens is 1. The molecule has 2 rings (SSSR count). The summed E-state index contributed by atoms with van der Waals surface area (Å²) in [4.78, 5) is 22.2. The van der Waals surface area contributed by atoms with Crippen LogP contribution in [0.3, 0.4) is 0 Å². The summed E-state index contributed by atoms with van der Waals surface area (Å²) < 4.78 is 1.44. The average Bonchev–Trinajstić information content (AvgIpc) is 3.01. The highest BCUT2D eigenvalue weighted by Crippen LogP contribution is 2.16. The van der Waals surface area contributed by atoms with Crippen molar-refractivity contribution in [2.75, 3.05) is 20.1 Å². The molecule has 1 amide bonds. The second-order valence-electron chi connectivity index (χ2n) is 4.64. The predicted molar refractivity (Wildman–Crippen MR) is 88.3 cm³/mol. The molecule has 1 aromatic carbocycles. The van der Waals surface area contributed by atoms with Crippen LogP contribution in [0.4, 0.5) is 5.69 Å². The van der Waals surface area contributed by atoms with E-state index in [9.17, 15) is 14.9 Å². The van der Waals surface area contributed by atoms with E-state index in [1.54, 1.807) is 24.4 Å². The summed E-state index contributed by atoms with van der Waals surface area (Å²) in [6.45, 7) is 1.38. The molecule has 0 atom stereocenters. The Balaban J connectivity index is 0.00000264. The lowest BCUT2D eigenvalue weighted by atomic mass is 10.3. The van der Waals surface area contributed by atoms with Crippen LogP contribution in [0.2, 0.25) is 0 Å². The van der Waals surface area contributed by atoms with Gasteiger partial charge in [-0.25, -0.2) is 4.68 Å². The largest absolute Gasteiger partial charge is 0.351 e. The smallest absolute Gasteiger partial charge is 0.271 e. The van der Waals surface area contributed by atoms with Crippen LogP contribution in [0.1, 0.15) is 16.9 Å². The molecule has 0 spiro atoms. The molecule has 23 heavy (non-hydrogen) atoms. The van der Waals surface area contributed by atoms with E-state index in [0.717, 1.165) is 13.0 Å². The van der Waals surface area contributed by atoms with Crippen molar-refractivity contribution in [3.63, 3.8) is 0 Å². The van der Waals surface area contributed by atoms with Crippen LogP contribution < -0.4 is 10.6 Å². The number of benzene rings is 1. The Morgan fingerprint density at radius 3 is 2.83 bits per heavy atom. The first kappa shape index (κ1) is 18.6. The Kier molecular flexibility index (Phi) is 7.17. The summed E-state index contributed by atoms with van der Waals surface area (Å²) in [5, 5.41) is 20.7. The molecule has 0 radical (unpaired) electrons. The number of hydrogen-bond donors (Lipinski definition) is 2. The van der Waals surface area contributed by atoms with Crippen molar-refractivity contribution in [3.05, 3.63) is 52.3 Å². The van der Waals surface area contributed by atoms with Gasteiger partial charge in [-0.3, -0.25) is 14.9 Å². The van der Waals surface area contributed by atoms with Crippen molar-refractivity contribution in [2.45, 2.75) is 6.42 Å². The van der Waals surface area contributed by atoms with E-state index < -0.39 is 4.92 Å². The first-order chi connectivity index (χ1) is 10.6. The topological polar surface area (TPSA) is 102 Å². The quantitative estimate of drug-likeness (QED) is 0.452. The minimum Gasteiger partial charge on any atom is -0.351 e. The van der Waals surface area contributed by atoms with Gasteiger partial charge in [0.25, 0.3) is 11.6 Å². The minimum absolute atomic E-state index is 0. The molecule has 9 heteroatoms. The van der Waals surface area contributed by atoms with Crippen LogP contribution in [0.15, 0.2) is 36.5 Å². The lowest BCUT2D eigenvalue weighted by Gasteiger charge is -2.03. The molecule has 0 aliphatic rings. The van der Waals surface area contributed by atoms with E-state index in [2.05, 4.69) is 15.7 Å². The molecule has 0 saturated carbocycles. The maximum Gasteiger partial charge on any atom is 0.271 e. The van der Waals surface area contributed by atoms with Gasteiger partial charge in [0.2, 0.25) is 0 Å². The lowest BCUT2D eigenvalue weighted by molar-refractivity contribution is -0.384. The molecule has 1 heterocycles. The normalized spacial score (nSPS) is 9.96. The molecule has 0 bridgehead atoms. The highest BCUT2D eigenvalue weighted by atomic mass is 35.5. The summed E-state index contributed by atoms with van der Waals surface area (Å²) in [5.41, 5.74) is 0.783.